The fraction of sp³-hybridized carbons (Fsp3) is 0.227. The maximum atomic E-state index is 12.9. The van der Waals surface area contributed by atoms with E-state index in [1.165, 1.54) is 16.4 Å². The quantitative estimate of drug-likeness (QED) is 0.636. The van der Waals surface area contributed by atoms with E-state index in [0.29, 0.717) is 31.9 Å². The van der Waals surface area contributed by atoms with Gasteiger partial charge in [-0.2, -0.15) is 4.31 Å². The van der Waals surface area contributed by atoms with E-state index >= 15 is 0 Å². The lowest BCUT2D eigenvalue weighted by molar-refractivity contribution is 0.0730. The third-order valence-electron chi connectivity index (χ3n) is 4.96. The summed E-state index contributed by atoms with van der Waals surface area (Å²) in [7, 11) is -3.58. The molecular formula is C22H22N2O4S2. The lowest BCUT2D eigenvalue weighted by atomic mass is 10.0. The predicted molar refractivity (Wildman–Crippen MR) is 116 cm³/mol. The molecule has 0 saturated carbocycles. The van der Waals surface area contributed by atoms with Crippen LogP contribution in [0.1, 0.15) is 26.8 Å². The van der Waals surface area contributed by atoms with Gasteiger partial charge in [0.25, 0.3) is 5.91 Å². The van der Waals surface area contributed by atoms with Gasteiger partial charge in [-0.3, -0.25) is 4.79 Å². The zero-order valence-corrected chi connectivity index (χ0v) is 17.9. The van der Waals surface area contributed by atoms with Gasteiger partial charge < -0.3 is 10.1 Å². The third kappa shape index (κ3) is 4.46. The number of hydrogen-bond donors (Lipinski definition) is 1. The zero-order valence-electron chi connectivity index (χ0n) is 16.2. The third-order valence-corrected chi connectivity index (χ3v) is 7.81. The van der Waals surface area contributed by atoms with E-state index < -0.39 is 10.0 Å². The van der Waals surface area contributed by atoms with Gasteiger partial charge in [0.05, 0.1) is 24.2 Å². The van der Waals surface area contributed by atoms with Crippen LogP contribution in [0.3, 0.4) is 0 Å². The van der Waals surface area contributed by atoms with E-state index in [1.807, 2.05) is 47.8 Å². The molecule has 0 aliphatic carbocycles. The van der Waals surface area contributed by atoms with Crippen molar-refractivity contribution in [1.29, 1.82) is 0 Å². The van der Waals surface area contributed by atoms with Crippen LogP contribution in [0.4, 0.5) is 0 Å². The van der Waals surface area contributed by atoms with Crippen LogP contribution in [0.2, 0.25) is 0 Å². The summed E-state index contributed by atoms with van der Waals surface area (Å²) in [4.78, 5) is 14.1. The smallest absolute Gasteiger partial charge is 0.252 e. The van der Waals surface area contributed by atoms with Crippen molar-refractivity contribution in [2.75, 3.05) is 26.3 Å². The second-order valence-corrected chi connectivity index (χ2v) is 9.79. The average Bonchev–Trinajstić information content (AvgIpc) is 3.33. The number of carbonyl (C=O) groups excluding carboxylic acids is 1. The summed E-state index contributed by atoms with van der Waals surface area (Å²) in [5, 5.41) is 5.04. The molecule has 1 N–H and O–H groups in total. The van der Waals surface area contributed by atoms with Crippen LogP contribution in [0.5, 0.6) is 0 Å². The van der Waals surface area contributed by atoms with Crippen molar-refractivity contribution in [2.24, 2.45) is 0 Å². The molecule has 4 rings (SSSR count). The lowest BCUT2D eigenvalue weighted by Gasteiger charge is -2.26. The van der Waals surface area contributed by atoms with Gasteiger partial charge in [-0.05, 0) is 41.3 Å². The van der Waals surface area contributed by atoms with E-state index in [1.54, 1.807) is 23.5 Å². The number of thiophene rings is 1. The number of hydrogen-bond acceptors (Lipinski definition) is 5. The first-order valence-electron chi connectivity index (χ1n) is 9.63. The first kappa shape index (κ1) is 20.7. The maximum Gasteiger partial charge on any atom is 0.252 e. The van der Waals surface area contributed by atoms with E-state index in [2.05, 4.69) is 5.32 Å². The van der Waals surface area contributed by atoms with Gasteiger partial charge in [0, 0.05) is 23.5 Å². The fourth-order valence-corrected chi connectivity index (χ4v) is 5.56. The Morgan fingerprint density at radius 3 is 2.30 bits per heavy atom. The molecule has 3 aromatic rings. The molecule has 1 aromatic heterocycles. The van der Waals surface area contributed by atoms with Gasteiger partial charge in [-0.25, -0.2) is 8.42 Å². The standard InChI is InChI=1S/C22H22N2O4S2/c25-22(23-21(20-7-4-16-29-20)17-5-2-1-3-6-17)18-8-10-19(11-9-18)30(26,27)24-12-14-28-15-13-24/h1-11,16,21H,12-15H2,(H,23,25)/t21-/m0/s1. The van der Waals surface area contributed by atoms with E-state index in [0.717, 1.165) is 10.4 Å². The Hall–Kier alpha value is -2.52. The Kier molecular flexibility index (Phi) is 6.29. The van der Waals surface area contributed by atoms with Gasteiger partial charge in [-0.1, -0.05) is 36.4 Å². The number of morpholine rings is 1. The number of amides is 1. The lowest BCUT2D eigenvalue weighted by Crippen LogP contribution is -2.40. The zero-order chi connectivity index (χ0) is 21.0. The number of ether oxygens (including phenoxy) is 1. The summed E-state index contributed by atoms with van der Waals surface area (Å²) in [6.45, 7) is 1.46. The minimum absolute atomic E-state index is 0.179. The summed E-state index contributed by atoms with van der Waals surface area (Å²) in [5.41, 5.74) is 1.40. The highest BCUT2D eigenvalue weighted by molar-refractivity contribution is 7.89. The van der Waals surface area contributed by atoms with Crippen LogP contribution >= 0.6 is 11.3 Å². The molecule has 0 unspecified atom stereocenters. The summed E-state index contributed by atoms with van der Waals surface area (Å²) in [5.74, 6) is -0.257. The topological polar surface area (TPSA) is 75.7 Å². The highest BCUT2D eigenvalue weighted by atomic mass is 32.2. The molecular weight excluding hydrogens is 420 g/mol. The molecule has 1 amide bonds. The summed E-state index contributed by atoms with van der Waals surface area (Å²) < 4.78 is 32.2. The fourth-order valence-electron chi connectivity index (χ4n) is 3.35. The molecule has 6 nitrogen and oxygen atoms in total. The Balaban J connectivity index is 1.53. The number of nitrogens with zero attached hydrogens (tertiary/aromatic N) is 1. The summed E-state index contributed by atoms with van der Waals surface area (Å²) in [6, 6.07) is 19.5. The van der Waals surface area contributed by atoms with Gasteiger partial charge in [0.2, 0.25) is 10.0 Å². The number of carbonyl (C=O) groups is 1. The van der Waals surface area contributed by atoms with Crippen molar-refractivity contribution in [3.63, 3.8) is 0 Å². The number of sulfonamides is 1. The van der Waals surface area contributed by atoms with Crippen LogP contribution in [0, 0.1) is 0 Å². The van der Waals surface area contributed by atoms with Crippen LogP contribution in [0.25, 0.3) is 0 Å². The maximum absolute atomic E-state index is 12.9. The van der Waals surface area contributed by atoms with Crippen molar-refractivity contribution in [1.82, 2.24) is 9.62 Å². The second kappa shape index (κ2) is 9.09. The number of benzene rings is 2. The molecule has 1 fully saturated rings. The van der Waals surface area contributed by atoms with Crippen molar-refractivity contribution in [2.45, 2.75) is 10.9 Å². The normalized spacial score (nSPS) is 16.1. The molecule has 8 heteroatoms. The van der Waals surface area contributed by atoms with Gasteiger partial charge in [0.15, 0.2) is 0 Å². The van der Waals surface area contributed by atoms with Crippen molar-refractivity contribution >= 4 is 27.3 Å². The Morgan fingerprint density at radius 1 is 0.967 bits per heavy atom. The minimum Gasteiger partial charge on any atom is -0.379 e. The van der Waals surface area contributed by atoms with Crippen molar-refractivity contribution in [3.8, 4) is 0 Å². The summed E-state index contributed by atoms with van der Waals surface area (Å²) >= 11 is 1.57. The molecule has 1 aliphatic heterocycles. The number of nitrogens with one attached hydrogen (secondary N) is 1. The molecule has 30 heavy (non-hydrogen) atoms. The predicted octanol–water partition coefficient (Wildman–Crippen LogP) is 3.29. The molecule has 1 atom stereocenters. The first-order valence-corrected chi connectivity index (χ1v) is 11.9. The minimum atomic E-state index is -3.58. The molecule has 0 spiro atoms. The van der Waals surface area contributed by atoms with Crippen molar-refractivity contribution < 1.29 is 17.9 Å². The molecule has 1 saturated heterocycles. The number of rotatable bonds is 6. The summed E-state index contributed by atoms with van der Waals surface area (Å²) in [6.07, 6.45) is 0. The molecule has 2 heterocycles. The molecule has 2 aromatic carbocycles. The molecule has 156 valence electrons. The second-order valence-electron chi connectivity index (χ2n) is 6.87. The van der Waals surface area contributed by atoms with E-state index in [4.69, 9.17) is 4.74 Å². The highest BCUT2D eigenvalue weighted by Crippen LogP contribution is 2.26. The average molecular weight is 443 g/mol. The first-order chi connectivity index (χ1) is 14.6. The van der Waals surface area contributed by atoms with E-state index in [-0.39, 0.29) is 16.8 Å². The van der Waals surface area contributed by atoms with Crippen molar-refractivity contribution in [3.05, 3.63) is 88.1 Å². The largest absolute Gasteiger partial charge is 0.379 e. The van der Waals surface area contributed by atoms with Crippen LogP contribution in [-0.2, 0) is 14.8 Å². The van der Waals surface area contributed by atoms with Crippen LogP contribution < -0.4 is 5.32 Å². The van der Waals surface area contributed by atoms with Crippen LogP contribution in [-0.4, -0.2) is 44.9 Å². The van der Waals surface area contributed by atoms with Gasteiger partial charge >= 0.3 is 0 Å². The molecule has 0 radical (unpaired) electrons. The monoisotopic (exact) mass is 442 g/mol. The van der Waals surface area contributed by atoms with E-state index in [9.17, 15) is 13.2 Å². The Labute approximate surface area is 180 Å². The van der Waals surface area contributed by atoms with Crippen LogP contribution in [0.15, 0.2) is 77.0 Å². The highest BCUT2D eigenvalue weighted by Gasteiger charge is 2.26. The van der Waals surface area contributed by atoms with Gasteiger partial charge in [0.1, 0.15) is 0 Å². The Morgan fingerprint density at radius 2 is 1.67 bits per heavy atom. The molecule has 0 bridgehead atoms. The SMILES string of the molecule is O=C(N[C@@H](c1ccccc1)c1cccs1)c1ccc(S(=O)(=O)N2CCOCC2)cc1. The molecule has 1 aliphatic rings. The Bertz CT molecular complexity index is 1080. The van der Waals surface area contributed by atoms with Gasteiger partial charge in [-0.15, -0.1) is 11.3 Å².